The van der Waals surface area contributed by atoms with E-state index in [2.05, 4.69) is 45.4 Å². The Kier molecular flexibility index (Phi) is 7.29. The number of piperazine rings is 1. The first kappa shape index (κ1) is 19.1. The molecule has 2 fully saturated rings. The van der Waals surface area contributed by atoms with Crippen LogP contribution in [0.15, 0.2) is 30.3 Å². The Morgan fingerprint density at radius 1 is 1.04 bits per heavy atom. The van der Waals surface area contributed by atoms with E-state index in [0.29, 0.717) is 19.0 Å². The maximum atomic E-state index is 12.3. The van der Waals surface area contributed by atoms with Crippen LogP contribution in [0.4, 0.5) is 4.79 Å². The topological polar surface area (TPSA) is 59.1 Å². The predicted octanol–water partition coefficient (Wildman–Crippen LogP) is 1.19. The predicted molar refractivity (Wildman–Crippen MR) is 103 cm³/mol. The minimum Gasteiger partial charge on any atom is -0.395 e. The van der Waals surface area contributed by atoms with Gasteiger partial charge >= 0.3 is 6.03 Å². The van der Waals surface area contributed by atoms with Crippen molar-refractivity contribution in [3.05, 3.63) is 35.9 Å². The molecule has 26 heavy (non-hydrogen) atoms. The van der Waals surface area contributed by atoms with Crippen molar-refractivity contribution in [3.8, 4) is 0 Å². The van der Waals surface area contributed by atoms with Crippen molar-refractivity contribution in [3.63, 3.8) is 0 Å². The molecular formula is C20H32N4O2. The van der Waals surface area contributed by atoms with Crippen molar-refractivity contribution in [2.75, 3.05) is 65.5 Å². The van der Waals surface area contributed by atoms with Gasteiger partial charge in [0.1, 0.15) is 0 Å². The fourth-order valence-electron chi connectivity index (χ4n) is 4.00. The van der Waals surface area contributed by atoms with Crippen LogP contribution in [0, 0.1) is 0 Å². The lowest BCUT2D eigenvalue weighted by Crippen LogP contribution is -2.53. The van der Waals surface area contributed by atoms with Crippen LogP contribution in [0.25, 0.3) is 0 Å². The van der Waals surface area contributed by atoms with Crippen LogP contribution in [0.5, 0.6) is 0 Å². The van der Waals surface area contributed by atoms with E-state index in [9.17, 15) is 4.79 Å². The molecule has 0 aliphatic carbocycles. The number of hydrogen-bond donors (Lipinski definition) is 2. The summed E-state index contributed by atoms with van der Waals surface area (Å²) < 4.78 is 0. The number of aliphatic hydroxyl groups excluding tert-OH is 1. The Balaban J connectivity index is 1.36. The largest absolute Gasteiger partial charge is 0.395 e. The molecule has 2 N–H and O–H groups in total. The van der Waals surface area contributed by atoms with E-state index in [1.54, 1.807) is 0 Å². The van der Waals surface area contributed by atoms with Gasteiger partial charge in [0.15, 0.2) is 0 Å². The van der Waals surface area contributed by atoms with Crippen LogP contribution in [0.1, 0.15) is 24.3 Å². The highest BCUT2D eigenvalue weighted by molar-refractivity contribution is 5.74. The van der Waals surface area contributed by atoms with Gasteiger partial charge in [-0.15, -0.1) is 0 Å². The first-order valence-electron chi connectivity index (χ1n) is 9.89. The van der Waals surface area contributed by atoms with Crippen LogP contribution in [0.3, 0.4) is 0 Å². The molecule has 2 aliphatic rings. The quantitative estimate of drug-likeness (QED) is 0.800. The van der Waals surface area contributed by atoms with Gasteiger partial charge in [-0.05, 0) is 30.9 Å². The summed E-state index contributed by atoms with van der Waals surface area (Å²) in [6.45, 7) is 7.89. The van der Waals surface area contributed by atoms with Crippen molar-refractivity contribution in [1.82, 2.24) is 20.0 Å². The molecule has 0 spiro atoms. The van der Waals surface area contributed by atoms with Crippen molar-refractivity contribution < 1.29 is 9.90 Å². The molecule has 6 nitrogen and oxygen atoms in total. The zero-order chi connectivity index (χ0) is 18.2. The molecule has 2 amide bonds. The summed E-state index contributed by atoms with van der Waals surface area (Å²) in [4.78, 5) is 18.9. The zero-order valence-corrected chi connectivity index (χ0v) is 15.6. The molecule has 0 radical (unpaired) electrons. The number of aliphatic hydroxyl groups is 1. The Bertz CT molecular complexity index is 546. The number of piperidine rings is 1. The Morgan fingerprint density at radius 2 is 1.81 bits per heavy atom. The number of rotatable bonds is 6. The lowest BCUT2D eigenvalue weighted by Gasteiger charge is -2.35. The fourth-order valence-corrected chi connectivity index (χ4v) is 4.00. The molecule has 0 aromatic heterocycles. The molecule has 1 aromatic rings. The maximum Gasteiger partial charge on any atom is 0.317 e. The van der Waals surface area contributed by atoms with Crippen LogP contribution in [-0.2, 0) is 0 Å². The molecule has 2 heterocycles. The fraction of sp³-hybridized carbons (Fsp3) is 0.650. The second kappa shape index (κ2) is 9.90. The molecular weight excluding hydrogens is 328 g/mol. The number of nitrogens with one attached hydrogen (secondary N) is 1. The third-order valence-electron chi connectivity index (χ3n) is 5.56. The Labute approximate surface area is 156 Å². The molecule has 1 aromatic carbocycles. The highest BCUT2D eigenvalue weighted by atomic mass is 16.3. The summed E-state index contributed by atoms with van der Waals surface area (Å²) in [6.07, 6.45) is 2.48. The zero-order valence-electron chi connectivity index (χ0n) is 15.6. The van der Waals surface area contributed by atoms with Gasteiger partial charge in [-0.2, -0.15) is 0 Å². The van der Waals surface area contributed by atoms with E-state index in [1.165, 1.54) is 18.4 Å². The van der Waals surface area contributed by atoms with E-state index < -0.39 is 0 Å². The third kappa shape index (κ3) is 5.43. The molecule has 0 bridgehead atoms. The average Bonchev–Trinajstić information content (AvgIpc) is 2.70. The van der Waals surface area contributed by atoms with E-state index in [4.69, 9.17) is 5.11 Å². The van der Waals surface area contributed by atoms with Gasteiger partial charge < -0.3 is 20.2 Å². The van der Waals surface area contributed by atoms with Gasteiger partial charge in [0.05, 0.1) is 6.61 Å². The van der Waals surface area contributed by atoms with Crippen LogP contribution in [-0.4, -0.2) is 91.3 Å². The van der Waals surface area contributed by atoms with Crippen molar-refractivity contribution in [2.24, 2.45) is 0 Å². The van der Waals surface area contributed by atoms with Gasteiger partial charge in [0, 0.05) is 52.4 Å². The maximum absolute atomic E-state index is 12.3. The third-order valence-corrected chi connectivity index (χ3v) is 5.56. The molecule has 2 saturated heterocycles. The minimum absolute atomic E-state index is 0.0465. The number of benzene rings is 1. The lowest BCUT2D eigenvalue weighted by molar-refractivity contribution is 0.121. The summed E-state index contributed by atoms with van der Waals surface area (Å²) in [5.74, 6) is 0.611. The second-order valence-electron chi connectivity index (χ2n) is 7.33. The monoisotopic (exact) mass is 360 g/mol. The van der Waals surface area contributed by atoms with Crippen LogP contribution in [0.2, 0.25) is 0 Å². The Morgan fingerprint density at radius 3 is 2.54 bits per heavy atom. The Hall–Kier alpha value is -1.63. The summed E-state index contributed by atoms with van der Waals surface area (Å²) >= 11 is 0. The molecule has 0 unspecified atom stereocenters. The number of carbonyl (C=O) groups is 1. The van der Waals surface area contributed by atoms with E-state index in [1.807, 2.05) is 4.90 Å². The number of urea groups is 1. The summed E-state index contributed by atoms with van der Waals surface area (Å²) in [6, 6.07) is 10.8. The van der Waals surface area contributed by atoms with Crippen molar-refractivity contribution in [1.29, 1.82) is 0 Å². The number of nitrogens with zero attached hydrogens (tertiary/aromatic N) is 3. The van der Waals surface area contributed by atoms with E-state index >= 15 is 0 Å². The number of hydrogen-bond acceptors (Lipinski definition) is 4. The number of β-amino-alcohol motifs (C(OH)–C–C–N with tert-alkyl or cyclic N) is 1. The SMILES string of the molecule is O=C(NCCN1CCC[C@@H](c2ccccc2)C1)N1CCN(CCO)CC1. The standard InChI is InChI=1S/C20H32N4O2/c25-16-15-22-11-13-24(14-12-22)20(26)21-8-10-23-9-4-7-19(17-23)18-5-2-1-3-6-18/h1-3,5-6,19,25H,4,7-17H2,(H,21,26)/t19-/m1/s1. The minimum atomic E-state index is 0.0465. The summed E-state index contributed by atoms with van der Waals surface area (Å²) in [7, 11) is 0. The smallest absolute Gasteiger partial charge is 0.317 e. The van der Waals surface area contributed by atoms with Gasteiger partial charge in [-0.25, -0.2) is 4.79 Å². The molecule has 3 rings (SSSR count). The van der Waals surface area contributed by atoms with Gasteiger partial charge in [0.2, 0.25) is 0 Å². The van der Waals surface area contributed by atoms with E-state index in [0.717, 1.165) is 45.8 Å². The first-order chi connectivity index (χ1) is 12.8. The normalized spacial score (nSPS) is 22.3. The van der Waals surface area contributed by atoms with Crippen molar-refractivity contribution in [2.45, 2.75) is 18.8 Å². The van der Waals surface area contributed by atoms with Gasteiger partial charge in [-0.1, -0.05) is 30.3 Å². The average molecular weight is 361 g/mol. The van der Waals surface area contributed by atoms with E-state index in [-0.39, 0.29) is 12.6 Å². The van der Waals surface area contributed by atoms with Crippen molar-refractivity contribution >= 4 is 6.03 Å². The first-order valence-corrected chi connectivity index (χ1v) is 9.89. The number of amides is 2. The lowest BCUT2D eigenvalue weighted by atomic mass is 9.91. The number of likely N-dealkylation sites (tertiary alicyclic amines) is 1. The second-order valence-corrected chi connectivity index (χ2v) is 7.33. The number of carbonyl (C=O) groups excluding carboxylic acids is 1. The molecule has 0 saturated carbocycles. The van der Waals surface area contributed by atoms with Gasteiger partial charge in [0.25, 0.3) is 0 Å². The molecule has 2 aliphatic heterocycles. The summed E-state index contributed by atoms with van der Waals surface area (Å²) in [5, 5.41) is 12.1. The van der Waals surface area contributed by atoms with Gasteiger partial charge in [-0.3, -0.25) is 4.90 Å². The molecule has 144 valence electrons. The van der Waals surface area contributed by atoms with Crippen LogP contribution < -0.4 is 5.32 Å². The highest BCUT2D eigenvalue weighted by Gasteiger charge is 2.22. The molecule has 1 atom stereocenters. The van der Waals surface area contributed by atoms with Crippen LogP contribution >= 0.6 is 0 Å². The summed E-state index contributed by atoms with van der Waals surface area (Å²) in [5.41, 5.74) is 1.43. The highest BCUT2D eigenvalue weighted by Crippen LogP contribution is 2.26. The molecule has 6 heteroatoms.